The van der Waals surface area contributed by atoms with Gasteiger partial charge in [0.15, 0.2) is 0 Å². The first kappa shape index (κ1) is 9.89. The van der Waals surface area contributed by atoms with Crippen molar-refractivity contribution >= 4 is 16.3 Å². The third kappa shape index (κ3) is 1.89. The molecule has 14 heavy (non-hydrogen) atoms. The van der Waals surface area contributed by atoms with Gasteiger partial charge < -0.3 is 10.2 Å². The van der Waals surface area contributed by atoms with Crippen molar-refractivity contribution in [2.24, 2.45) is 5.84 Å². The van der Waals surface area contributed by atoms with Crippen LogP contribution in [0.5, 0.6) is 0 Å². The predicted molar refractivity (Wildman–Crippen MR) is 57.5 cm³/mol. The van der Waals surface area contributed by atoms with Crippen LogP contribution >= 0.6 is 11.3 Å². The van der Waals surface area contributed by atoms with Crippen LogP contribution in [0.3, 0.4) is 0 Å². The zero-order valence-corrected chi connectivity index (χ0v) is 9.06. The number of nitrogens with one attached hydrogen (secondary N) is 1. The monoisotopic (exact) mass is 213 g/mol. The number of nitrogens with two attached hydrogens (primary N) is 1. The van der Waals surface area contributed by atoms with Crippen molar-refractivity contribution in [1.29, 1.82) is 0 Å². The first-order valence-electron chi connectivity index (χ1n) is 4.83. The number of anilines is 1. The number of aryl methyl sites for hydroxylation is 1. The van der Waals surface area contributed by atoms with Gasteiger partial charge >= 0.3 is 0 Å². The lowest BCUT2D eigenvalue weighted by Gasteiger charge is -2.19. The van der Waals surface area contributed by atoms with Gasteiger partial charge in [-0.1, -0.05) is 11.3 Å². The predicted octanol–water partition coefficient (Wildman–Crippen LogP) is 1.63. The summed E-state index contributed by atoms with van der Waals surface area (Å²) in [5.41, 5.74) is 3.68. The van der Waals surface area contributed by atoms with Crippen molar-refractivity contribution in [1.82, 2.24) is 4.98 Å². The van der Waals surface area contributed by atoms with E-state index in [1.54, 1.807) is 11.3 Å². The molecule has 0 saturated carbocycles. The molecule has 0 atom stereocenters. The summed E-state index contributed by atoms with van der Waals surface area (Å²) in [6.07, 6.45) is 2.16. The molecule has 0 unspecified atom stereocenters. The van der Waals surface area contributed by atoms with Crippen molar-refractivity contribution in [2.75, 3.05) is 18.6 Å². The molecule has 78 valence electrons. The third-order valence-corrected chi connectivity index (χ3v) is 3.77. The van der Waals surface area contributed by atoms with E-state index in [0.29, 0.717) is 5.92 Å². The van der Waals surface area contributed by atoms with Crippen LogP contribution in [-0.2, 0) is 4.74 Å². The molecule has 0 aromatic carbocycles. The fraction of sp³-hybridized carbons (Fsp3) is 0.667. The molecule has 1 aromatic rings. The highest BCUT2D eigenvalue weighted by atomic mass is 32.1. The van der Waals surface area contributed by atoms with Gasteiger partial charge in [0.1, 0.15) is 5.00 Å². The summed E-state index contributed by atoms with van der Waals surface area (Å²) in [5.74, 6) is 5.95. The van der Waals surface area contributed by atoms with E-state index >= 15 is 0 Å². The second kappa shape index (κ2) is 4.25. The molecule has 0 amide bonds. The maximum absolute atomic E-state index is 5.39. The molecular formula is C9H15N3OS. The third-order valence-electron chi connectivity index (χ3n) is 2.51. The van der Waals surface area contributed by atoms with Gasteiger partial charge in [0.25, 0.3) is 0 Å². The molecule has 2 heterocycles. The van der Waals surface area contributed by atoms with Gasteiger partial charge in [0.2, 0.25) is 0 Å². The van der Waals surface area contributed by atoms with Gasteiger partial charge in [0.05, 0.1) is 10.7 Å². The van der Waals surface area contributed by atoms with Crippen molar-refractivity contribution in [2.45, 2.75) is 25.7 Å². The molecule has 5 heteroatoms. The van der Waals surface area contributed by atoms with E-state index in [0.717, 1.165) is 36.8 Å². The summed E-state index contributed by atoms with van der Waals surface area (Å²) in [5, 5.41) is 2.17. The molecule has 0 aliphatic carbocycles. The Bertz CT molecular complexity index is 307. The maximum Gasteiger partial charge on any atom is 0.126 e. The van der Waals surface area contributed by atoms with E-state index in [4.69, 9.17) is 10.6 Å². The van der Waals surface area contributed by atoms with Crippen molar-refractivity contribution < 1.29 is 4.74 Å². The van der Waals surface area contributed by atoms with E-state index < -0.39 is 0 Å². The van der Waals surface area contributed by atoms with Crippen molar-refractivity contribution in [3.63, 3.8) is 0 Å². The Hall–Kier alpha value is -0.650. The average Bonchev–Trinajstić information content (AvgIpc) is 2.61. The second-order valence-electron chi connectivity index (χ2n) is 3.50. The van der Waals surface area contributed by atoms with E-state index in [2.05, 4.69) is 10.4 Å². The van der Waals surface area contributed by atoms with E-state index in [-0.39, 0.29) is 0 Å². The zero-order valence-electron chi connectivity index (χ0n) is 8.25. The highest BCUT2D eigenvalue weighted by Gasteiger charge is 2.20. The van der Waals surface area contributed by atoms with Gasteiger partial charge in [-0.25, -0.2) is 10.8 Å². The SMILES string of the molecule is Cc1nc(C2CCOCC2)sc1NN. The quantitative estimate of drug-likeness (QED) is 0.579. The first-order chi connectivity index (χ1) is 6.81. The number of nitrogens with zero attached hydrogens (tertiary/aromatic N) is 1. The highest BCUT2D eigenvalue weighted by molar-refractivity contribution is 7.15. The molecular weight excluding hydrogens is 198 g/mol. The Morgan fingerprint density at radius 3 is 2.79 bits per heavy atom. The minimum atomic E-state index is 0.564. The topological polar surface area (TPSA) is 60.2 Å². The summed E-state index contributed by atoms with van der Waals surface area (Å²) in [7, 11) is 0. The van der Waals surface area contributed by atoms with Gasteiger partial charge in [-0.2, -0.15) is 0 Å². The molecule has 0 bridgehead atoms. The first-order valence-corrected chi connectivity index (χ1v) is 5.64. The largest absolute Gasteiger partial charge is 0.381 e. The van der Waals surface area contributed by atoms with Gasteiger partial charge in [-0.05, 0) is 19.8 Å². The number of rotatable bonds is 2. The van der Waals surface area contributed by atoms with Crippen LogP contribution in [0.4, 0.5) is 5.00 Å². The Balaban J connectivity index is 2.14. The number of aromatic nitrogens is 1. The van der Waals surface area contributed by atoms with Crippen LogP contribution in [0.15, 0.2) is 0 Å². The van der Waals surface area contributed by atoms with Gasteiger partial charge in [-0.3, -0.25) is 0 Å². The minimum absolute atomic E-state index is 0.564. The summed E-state index contributed by atoms with van der Waals surface area (Å²) >= 11 is 1.66. The lowest BCUT2D eigenvalue weighted by atomic mass is 10.0. The van der Waals surface area contributed by atoms with E-state index in [1.165, 1.54) is 5.01 Å². The fourth-order valence-corrected chi connectivity index (χ4v) is 2.72. The lowest BCUT2D eigenvalue weighted by molar-refractivity contribution is 0.0852. The Morgan fingerprint density at radius 2 is 2.21 bits per heavy atom. The molecule has 1 fully saturated rings. The van der Waals surface area contributed by atoms with Crippen LogP contribution in [0.25, 0.3) is 0 Å². The maximum atomic E-state index is 5.39. The highest BCUT2D eigenvalue weighted by Crippen LogP contribution is 2.33. The number of hydrazine groups is 1. The molecule has 4 nitrogen and oxygen atoms in total. The van der Waals surface area contributed by atoms with Crippen LogP contribution in [0, 0.1) is 6.92 Å². The van der Waals surface area contributed by atoms with E-state index in [9.17, 15) is 0 Å². The summed E-state index contributed by atoms with van der Waals surface area (Å²) in [6.45, 7) is 3.69. The zero-order chi connectivity index (χ0) is 9.97. The minimum Gasteiger partial charge on any atom is -0.381 e. The number of hydrogen-bond acceptors (Lipinski definition) is 5. The van der Waals surface area contributed by atoms with Crippen molar-refractivity contribution in [3.8, 4) is 0 Å². The van der Waals surface area contributed by atoms with Crippen LogP contribution in [0.1, 0.15) is 29.5 Å². The van der Waals surface area contributed by atoms with Crippen molar-refractivity contribution in [3.05, 3.63) is 10.7 Å². The van der Waals surface area contributed by atoms with Crippen LogP contribution in [-0.4, -0.2) is 18.2 Å². The standard InChI is InChI=1S/C9H15N3OS/c1-6-8(12-10)14-9(11-6)7-2-4-13-5-3-7/h7,12H,2-5,10H2,1H3. The van der Waals surface area contributed by atoms with Gasteiger partial charge in [-0.15, -0.1) is 0 Å². The second-order valence-corrected chi connectivity index (χ2v) is 4.53. The molecule has 1 saturated heterocycles. The Labute approximate surface area is 87.4 Å². The molecule has 0 spiro atoms. The van der Waals surface area contributed by atoms with Crippen LogP contribution in [0.2, 0.25) is 0 Å². The molecule has 2 rings (SSSR count). The summed E-state index contributed by atoms with van der Waals surface area (Å²) in [4.78, 5) is 4.53. The lowest BCUT2D eigenvalue weighted by Crippen LogP contribution is -2.13. The molecule has 1 aromatic heterocycles. The summed E-state index contributed by atoms with van der Waals surface area (Å²) < 4.78 is 5.32. The molecule has 1 aliphatic rings. The van der Waals surface area contributed by atoms with Crippen LogP contribution < -0.4 is 11.3 Å². The number of hydrogen-bond donors (Lipinski definition) is 2. The number of nitrogen functional groups attached to an aromatic ring is 1. The summed E-state index contributed by atoms with van der Waals surface area (Å²) in [6, 6.07) is 0. The molecule has 1 aliphatic heterocycles. The Kier molecular flexibility index (Phi) is 3.00. The average molecular weight is 213 g/mol. The number of thiazole rings is 1. The van der Waals surface area contributed by atoms with E-state index in [1.807, 2.05) is 6.92 Å². The fourth-order valence-electron chi connectivity index (χ4n) is 1.67. The Morgan fingerprint density at radius 1 is 1.50 bits per heavy atom. The normalized spacial score (nSPS) is 18.4. The molecule has 0 radical (unpaired) electrons. The number of ether oxygens (including phenoxy) is 1. The van der Waals surface area contributed by atoms with Gasteiger partial charge in [0, 0.05) is 19.1 Å². The smallest absolute Gasteiger partial charge is 0.126 e. The molecule has 3 N–H and O–H groups in total.